The van der Waals surface area contributed by atoms with E-state index in [-0.39, 0.29) is 0 Å². The molecule has 4 heterocycles. The summed E-state index contributed by atoms with van der Waals surface area (Å²) >= 11 is 0. The van der Waals surface area contributed by atoms with E-state index in [1.165, 1.54) is 10.8 Å². The lowest BCUT2D eigenvalue weighted by atomic mass is 9.96. The van der Waals surface area contributed by atoms with Crippen molar-refractivity contribution in [1.82, 2.24) is 14.5 Å². The van der Waals surface area contributed by atoms with Gasteiger partial charge in [-0.2, -0.15) is 0 Å². The predicted molar refractivity (Wildman–Crippen MR) is 180 cm³/mol. The molecule has 0 fully saturated rings. The van der Waals surface area contributed by atoms with Crippen molar-refractivity contribution in [3.63, 3.8) is 0 Å². The number of nitrogens with zero attached hydrogens (tertiary/aromatic N) is 3. The van der Waals surface area contributed by atoms with Crippen LogP contribution in [0.15, 0.2) is 156 Å². The van der Waals surface area contributed by atoms with Gasteiger partial charge in [0.2, 0.25) is 0 Å². The lowest BCUT2D eigenvalue weighted by molar-refractivity contribution is 0.671. The summed E-state index contributed by atoms with van der Waals surface area (Å²) in [7, 11) is 0. The molecular weight excluding hydrogens is 538 g/mol. The average molecular weight is 564 g/mol. The molecule has 0 saturated carbocycles. The topological polar surface area (TPSA) is 43.9 Å². The molecule has 9 aromatic rings. The van der Waals surface area contributed by atoms with Crippen LogP contribution in [0.2, 0.25) is 0 Å². The van der Waals surface area contributed by atoms with E-state index in [9.17, 15) is 0 Å². The van der Waals surface area contributed by atoms with Crippen LogP contribution in [0.4, 0.5) is 0 Å². The minimum absolute atomic E-state index is 0.902. The van der Waals surface area contributed by atoms with E-state index in [4.69, 9.17) is 4.42 Å². The predicted octanol–water partition coefficient (Wildman–Crippen LogP) is 10.5. The Morgan fingerprint density at radius 3 is 1.77 bits per heavy atom. The molecule has 5 aromatic carbocycles. The number of fused-ring (bicyclic) bond motifs is 7. The average Bonchev–Trinajstić information content (AvgIpc) is 3.65. The van der Waals surface area contributed by atoms with Crippen LogP contribution in [0.25, 0.3) is 83.1 Å². The van der Waals surface area contributed by atoms with E-state index in [2.05, 4.69) is 106 Å². The summed E-state index contributed by atoms with van der Waals surface area (Å²) in [5.74, 6) is 0. The van der Waals surface area contributed by atoms with Crippen molar-refractivity contribution in [2.75, 3.05) is 0 Å². The van der Waals surface area contributed by atoms with E-state index in [0.29, 0.717) is 0 Å². The zero-order valence-corrected chi connectivity index (χ0v) is 23.7. The number of hydrogen-bond acceptors (Lipinski definition) is 3. The molecule has 206 valence electrons. The molecular formula is C40H25N3O. The number of benzene rings is 5. The van der Waals surface area contributed by atoms with Gasteiger partial charge in [-0.1, -0.05) is 66.7 Å². The summed E-state index contributed by atoms with van der Waals surface area (Å²) < 4.78 is 8.86. The number of pyridine rings is 2. The maximum absolute atomic E-state index is 6.53. The van der Waals surface area contributed by atoms with E-state index < -0.39 is 0 Å². The van der Waals surface area contributed by atoms with Gasteiger partial charge in [0.1, 0.15) is 5.58 Å². The normalized spacial score (nSPS) is 11.6. The van der Waals surface area contributed by atoms with Crippen LogP contribution in [-0.2, 0) is 0 Å². The Hall–Kier alpha value is -6.00. The Balaban J connectivity index is 1.24. The van der Waals surface area contributed by atoms with Crippen LogP contribution >= 0.6 is 0 Å². The number of rotatable bonds is 4. The Labute approximate surface area is 253 Å². The zero-order chi connectivity index (χ0) is 29.0. The van der Waals surface area contributed by atoms with Crippen molar-refractivity contribution < 1.29 is 4.42 Å². The first-order valence-corrected chi connectivity index (χ1v) is 14.7. The number of hydrogen-bond donors (Lipinski definition) is 0. The zero-order valence-electron chi connectivity index (χ0n) is 23.7. The fraction of sp³-hybridized carbons (Fsp3) is 0. The molecule has 0 bridgehead atoms. The molecule has 0 aliphatic rings. The fourth-order valence-electron chi connectivity index (χ4n) is 6.46. The summed E-state index contributed by atoms with van der Waals surface area (Å²) in [5.41, 5.74) is 11.3. The third kappa shape index (κ3) is 3.85. The molecule has 0 spiro atoms. The highest BCUT2D eigenvalue weighted by Gasteiger charge is 2.19. The van der Waals surface area contributed by atoms with Gasteiger partial charge in [0.05, 0.1) is 22.4 Å². The Morgan fingerprint density at radius 1 is 0.455 bits per heavy atom. The number of aromatic nitrogens is 3. The quantitative estimate of drug-likeness (QED) is 0.214. The van der Waals surface area contributed by atoms with Gasteiger partial charge in [0.15, 0.2) is 5.58 Å². The van der Waals surface area contributed by atoms with Crippen LogP contribution in [-0.4, -0.2) is 14.5 Å². The van der Waals surface area contributed by atoms with Gasteiger partial charge in [0.25, 0.3) is 0 Å². The molecule has 0 aliphatic carbocycles. The monoisotopic (exact) mass is 563 g/mol. The molecule has 0 radical (unpaired) electrons. The van der Waals surface area contributed by atoms with Gasteiger partial charge in [0, 0.05) is 50.8 Å². The highest BCUT2D eigenvalue weighted by molar-refractivity contribution is 6.21. The van der Waals surface area contributed by atoms with Crippen LogP contribution in [0.1, 0.15) is 0 Å². The number of para-hydroxylation sites is 2. The lowest BCUT2D eigenvalue weighted by Crippen LogP contribution is -1.94. The minimum Gasteiger partial charge on any atom is -0.454 e. The van der Waals surface area contributed by atoms with Crippen molar-refractivity contribution >= 4 is 43.7 Å². The molecule has 0 amide bonds. The van der Waals surface area contributed by atoms with Crippen LogP contribution in [0.3, 0.4) is 0 Å². The minimum atomic E-state index is 0.902. The van der Waals surface area contributed by atoms with E-state index in [0.717, 1.165) is 72.3 Å². The molecule has 4 heteroatoms. The van der Waals surface area contributed by atoms with Crippen molar-refractivity contribution in [3.8, 4) is 39.3 Å². The second kappa shape index (κ2) is 9.79. The van der Waals surface area contributed by atoms with Gasteiger partial charge < -0.3 is 8.98 Å². The van der Waals surface area contributed by atoms with E-state index in [1.54, 1.807) is 0 Å². The maximum Gasteiger partial charge on any atom is 0.160 e. The lowest BCUT2D eigenvalue weighted by Gasteiger charge is -2.12. The summed E-state index contributed by atoms with van der Waals surface area (Å²) in [6.07, 6.45) is 3.67. The Morgan fingerprint density at radius 2 is 1.07 bits per heavy atom. The molecule has 9 rings (SSSR count). The van der Waals surface area contributed by atoms with Gasteiger partial charge in [-0.15, -0.1) is 0 Å². The smallest absolute Gasteiger partial charge is 0.160 e. The second-order valence-electron chi connectivity index (χ2n) is 11.1. The highest BCUT2D eigenvalue weighted by atomic mass is 16.3. The first-order valence-electron chi connectivity index (χ1n) is 14.7. The summed E-state index contributed by atoms with van der Waals surface area (Å²) in [5, 5.41) is 4.64. The maximum atomic E-state index is 6.53. The first kappa shape index (κ1) is 24.6. The van der Waals surface area contributed by atoms with E-state index >= 15 is 0 Å². The number of furan rings is 1. The second-order valence-corrected chi connectivity index (χ2v) is 11.1. The Kier molecular flexibility index (Phi) is 5.47. The summed E-state index contributed by atoms with van der Waals surface area (Å²) in [6.45, 7) is 0. The van der Waals surface area contributed by atoms with Gasteiger partial charge >= 0.3 is 0 Å². The molecule has 0 N–H and O–H groups in total. The van der Waals surface area contributed by atoms with Crippen molar-refractivity contribution in [3.05, 3.63) is 152 Å². The van der Waals surface area contributed by atoms with Gasteiger partial charge in [-0.05, 0) is 83.9 Å². The summed E-state index contributed by atoms with van der Waals surface area (Å²) in [4.78, 5) is 9.26. The molecule has 0 unspecified atom stereocenters. The van der Waals surface area contributed by atoms with Gasteiger partial charge in [-0.25, -0.2) is 0 Å². The van der Waals surface area contributed by atoms with Crippen LogP contribution < -0.4 is 0 Å². The van der Waals surface area contributed by atoms with E-state index in [1.807, 2.05) is 60.9 Å². The van der Waals surface area contributed by atoms with Crippen molar-refractivity contribution in [1.29, 1.82) is 0 Å². The SMILES string of the molecule is c1ccc(-c2cc(-c3ccc(-n4c5ccccc5c5ccc6c7ccccc7oc6c54)cc3)cc(-c3ccccn3)c2)nc1. The Bertz CT molecular complexity index is 2420. The third-order valence-electron chi connectivity index (χ3n) is 8.49. The molecule has 0 saturated heterocycles. The molecule has 4 aromatic heterocycles. The fourth-order valence-corrected chi connectivity index (χ4v) is 6.46. The molecule has 0 atom stereocenters. The standard InChI is InChI=1S/C40H25N3O/c1-3-13-37-31(9-1)33-19-20-34-32-10-2-4-14-38(32)44-40(34)39(33)43(37)30-17-15-26(16-18-30)27-23-28(35-11-5-7-21-41-35)25-29(24-27)36-12-6-8-22-42-36/h1-25H. The van der Waals surface area contributed by atoms with Crippen LogP contribution in [0, 0.1) is 0 Å². The largest absolute Gasteiger partial charge is 0.454 e. The molecule has 0 aliphatic heterocycles. The summed E-state index contributed by atoms with van der Waals surface area (Å²) in [6, 6.07) is 48.7. The molecule has 4 nitrogen and oxygen atoms in total. The van der Waals surface area contributed by atoms with Crippen molar-refractivity contribution in [2.45, 2.75) is 0 Å². The molecule has 44 heavy (non-hydrogen) atoms. The van der Waals surface area contributed by atoms with Gasteiger partial charge in [-0.3, -0.25) is 9.97 Å². The first-order chi connectivity index (χ1) is 21.8. The highest BCUT2D eigenvalue weighted by Crippen LogP contribution is 2.40. The van der Waals surface area contributed by atoms with Crippen molar-refractivity contribution in [2.24, 2.45) is 0 Å². The third-order valence-corrected chi connectivity index (χ3v) is 8.49. The van der Waals surface area contributed by atoms with Crippen LogP contribution in [0.5, 0.6) is 0 Å².